The smallest absolute Gasteiger partial charge is 0.276 e. The van der Waals surface area contributed by atoms with Gasteiger partial charge in [0.1, 0.15) is 17.2 Å². The molecule has 0 spiro atoms. The number of aliphatic hydroxyl groups excluding tert-OH is 1. The third-order valence-corrected chi connectivity index (χ3v) is 11.4. The Morgan fingerprint density at radius 3 is 2.69 bits per heavy atom. The maximum Gasteiger partial charge on any atom is 0.276 e. The zero-order valence-corrected chi connectivity index (χ0v) is 28.3. The first-order chi connectivity index (χ1) is 23.3. The Balaban J connectivity index is 1.22. The van der Waals surface area contributed by atoms with E-state index in [-0.39, 0.29) is 24.1 Å². The van der Waals surface area contributed by atoms with E-state index in [1.165, 1.54) is 11.3 Å². The average Bonchev–Trinajstić information content (AvgIpc) is 3.71. The lowest BCUT2D eigenvalue weighted by atomic mass is 9.74. The van der Waals surface area contributed by atoms with Crippen LogP contribution in [0.2, 0.25) is 0 Å². The molecule has 1 amide bonds. The lowest BCUT2D eigenvalue weighted by Crippen LogP contribution is -2.41. The first-order valence-corrected chi connectivity index (χ1v) is 18.0. The number of anilines is 3. The van der Waals surface area contributed by atoms with E-state index in [0.717, 1.165) is 74.6 Å². The number of nitrogens with zero attached hydrogens (tertiary/aromatic N) is 5. The van der Waals surface area contributed by atoms with E-state index in [1.807, 2.05) is 29.0 Å². The lowest BCUT2D eigenvalue weighted by molar-refractivity contribution is 0.0963. The number of amides is 1. The number of aryl methyl sites for hydroxylation is 1. The molecule has 1 aliphatic heterocycles. The number of carbonyl (C=O) groups is 1. The van der Waals surface area contributed by atoms with Crippen molar-refractivity contribution in [2.75, 3.05) is 16.8 Å². The van der Waals surface area contributed by atoms with Crippen LogP contribution in [0, 0.1) is 17.8 Å². The molecule has 4 aromatic rings. The summed E-state index contributed by atoms with van der Waals surface area (Å²) in [7, 11) is 0. The highest BCUT2D eigenvalue weighted by molar-refractivity contribution is 6.06. The summed E-state index contributed by atoms with van der Waals surface area (Å²) in [5.41, 5.74) is 6.90. The number of pyridine rings is 2. The molecule has 4 aliphatic rings. The fourth-order valence-corrected chi connectivity index (χ4v) is 8.68. The third kappa shape index (κ3) is 5.47. The molecule has 3 aliphatic carbocycles. The molecule has 252 valence electrons. The van der Waals surface area contributed by atoms with Gasteiger partial charge in [-0.3, -0.25) is 19.6 Å². The van der Waals surface area contributed by atoms with Crippen LogP contribution in [-0.4, -0.2) is 41.9 Å². The van der Waals surface area contributed by atoms with Crippen LogP contribution < -0.4 is 15.8 Å². The van der Waals surface area contributed by atoms with Crippen LogP contribution >= 0.6 is 0 Å². The van der Waals surface area contributed by atoms with Gasteiger partial charge in [-0.25, -0.2) is 4.98 Å². The topological polar surface area (TPSA) is 121 Å². The van der Waals surface area contributed by atoms with E-state index in [2.05, 4.69) is 46.9 Å². The number of carbonyl (C=O) groups excluding carboxylic acids is 1. The number of hydrogen-bond donors (Lipinski definition) is 3. The van der Waals surface area contributed by atoms with Crippen molar-refractivity contribution < 1.29 is 9.90 Å². The van der Waals surface area contributed by atoms with Gasteiger partial charge in [0, 0.05) is 66.0 Å². The number of fused-ring (bicyclic) bond motifs is 3. The van der Waals surface area contributed by atoms with E-state index in [0.29, 0.717) is 65.3 Å². The molecule has 0 saturated heterocycles. The van der Waals surface area contributed by atoms with E-state index >= 15 is 0 Å². The van der Waals surface area contributed by atoms with Crippen molar-refractivity contribution in [3.63, 3.8) is 0 Å². The van der Waals surface area contributed by atoms with Gasteiger partial charge in [-0.2, -0.15) is 5.10 Å². The predicted molar refractivity (Wildman–Crippen MR) is 187 cm³/mol. The Morgan fingerprint density at radius 2 is 1.90 bits per heavy atom. The maximum atomic E-state index is 14.3. The van der Waals surface area contributed by atoms with Gasteiger partial charge in [0.05, 0.1) is 6.61 Å². The Bertz CT molecular complexity index is 1920. The van der Waals surface area contributed by atoms with Gasteiger partial charge < -0.3 is 19.6 Å². The van der Waals surface area contributed by atoms with E-state index < -0.39 is 0 Å². The first-order valence-electron chi connectivity index (χ1n) is 18.0. The minimum atomic E-state index is -0.291. The van der Waals surface area contributed by atoms with Crippen molar-refractivity contribution in [3.05, 3.63) is 75.2 Å². The second-order valence-corrected chi connectivity index (χ2v) is 15.0. The number of hydrogen-bond acceptors (Lipinski definition) is 6. The summed E-state index contributed by atoms with van der Waals surface area (Å²) in [6.45, 7) is 7.69. The van der Waals surface area contributed by atoms with Gasteiger partial charge in [-0.05, 0) is 98.4 Å². The summed E-state index contributed by atoms with van der Waals surface area (Å²) in [4.78, 5) is 34.8. The molecule has 5 heterocycles. The summed E-state index contributed by atoms with van der Waals surface area (Å²) >= 11 is 0. The van der Waals surface area contributed by atoms with Crippen molar-refractivity contribution in [2.45, 2.75) is 104 Å². The van der Waals surface area contributed by atoms with Gasteiger partial charge in [-0.1, -0.05) is 27.2 Å². The maximum absolute atomic E-state index is 14.3. The number of aromatic amines is 1. The molecule has 10 heteroatoms. The van der Waals surface area contributed by atoms with Crippen molar-refractivity contribution in [3.8, 4) is 11.1 Å². The van der Waals surface area contributed by atoms with Crippen LogP contribution in [0.5, 0.6) is 0 Å². The molecule has 3 N–H and O–H groups in total. The van der Waals surface area contributed by atoms with Crippen molar-refractivity contribution in [1.29, 1.82) is 0 Å². The number of H-pyrrole nitrogens is 1. The molecule has 3 atom stereocenters. The predicted octanol–water partition coefficient (Wildman–Crippen LogP) is 6.72. The second-order valence-electron chi connectivity index (χ2n) is 15.0. The average molecular weight is 650 g/mol. The van der Waals surface area contributed by atoms with Crippen LogP contribution in [0.25, 0.3) is 11.1 Å². The molecule has 0 radical (unpaired) electrons. The van der Waals surface area contributed by atoms with Gasteiger partial charge in [0.2, 0.25) is 0 Å². The van der Waals surface area contributed by atoms with Crippen LogP contribution in [0.4, 0.5) is 17.3 Å². The summed E-state index contributed by atoms with van der Waals surface area (Å²) in [6.07, 6.45) is 13.5. The highest BCUT2D eigenvalue weighted by Gasteiger charge is 2.35. The largest absolute Gasteiger partial charge is 0.392 e. The van der Waals surface area contributed by atoms with Crippen LogP contribution in [-0.2, 0) is 26.0 Å². The summed E-state index contributed by atoms with van der Waals surface area (Å²) < 4.78 is 4.14. The second kappa shape index (κ2) is 12.4. The fraction of sp³-hybridized carbons (Fsp3) is 0.526. The molecule has 0 bridgehead atoms. The molecule has 2 saturated carbocycles. The molecule has 0 aromatic carbocycles. The molecular weight excluding hydrogens is 602 g/mol. The van der Waals surface area contributed by atoms with Gasteiger partial charge in [0.25, 0.3) is 11.5 Å². The van der Waals surface area contributed by atoms with Crippen molar-refractivity contribution in [1.82, 2.24) is 24.3 Å². The van der Waals surface area contributed by atoms with Crippen LogP contribution in [0.15, 0.2) is 41.5 Å². The van der Waals surface area contributed by atoms with E-state index in [4.69, 9.17) is 4.98 Å². The van der Waals surface area contributed by atoms with Crippen LogP contribution in [0.3, 0.4) is 0 Å². The number of rotatable bonds is 8. The molecule has 10 nitrogen and oxygen atoms in total. The van der Waals surface area contributed by atoms with Gasteiger partial charge in [-0.15, -0.1) is 0 Å². The zero-order chi connectivity index (χ0) is 33.1. The van der Waals surface area contributed by atoms with Crippen molar-refractivity contribution >= 4 is 23.2 Å². The van der Waals surface area contributed by atoms with E-state index in [1.54, 1.807) is 11.1 Å². The molecule has 4 aromatic heterocycles. The van der Waals surface area contributed by atoms with E-state index in [9.17, 15) is 14.7 Å². The molecule has 3 unspecified atom stereocenters. The molecular formula is C38H47N7O3. The number of nitrogens with one attached hydrogen (secondary N) is 2. The SMILES string of the molecule is CC1CCC(C(C)C)C(n2cc(-c3ccnc(N4CCn5c(cc6c5CCCC6)C4=O)c3CO)cc(Nc3cc(C4CC4)[nH]n3)c2=O)C1. The summed E-state index contributed by atoms with van der Waals surface area (Å²) in [5.74, 6) is 2.84. The van der Waals surface area contributed by atoms with Crippen LogP contribution in [0.1, 0.15) is 111 Å². The normalized spacial score (nSPS) is 22.6. The molecule has 2 fully saturated rings. The minimum absolute atomic E-state index is 0.0457. The Morgan fingerprint density at radius 1 is 1.06 bits per heavy atom. The highest BCUT2D eigenvalue weighted by Crippen LogP contribution is 2.43. The lowest BCUT2D eigenvalue weighted by Gasteiger charge is -2.38. The third-order valence-electron chi connectivity index (χ3n) is 11.4. The van der Waals surface area contributed by atoms with Gasteiger partial charge in [0.15, 0.2) is 5.82 Å². The fourth-order valence-electron chi connectivity index (χ4n) is 8.68. The molecule has 8 rings (SSSR count). The quantitative estimate of drug-likeness (QED) is 0.195. The highest BCUT2D eigenvalue weighted by atomic mass is 16.3. The standard InChI is InChI=1S/C38H47N7O3/c1-22(2)27-11-8-23(3)16-33(27)45-20-26(17-31(37(45)47)40-35-19-30(41-42-35)24-9-10-24)28-12-13-39-36(29(28)21-46)44-15-14-43-32-7-5-4-6-25(32)18-34(43)38(44)48/h12-13,17-20,22-24,27,33,46H,4-11,14-16,21H2,1-3H3,(H2,40,41,42). The number of aromatic nitrogens is 5. The number of aliphatic hydroxyl groups is 1. The summed E-state index contributed by atoms with van der Waals surface area (Å²) in [5, 5.41) is 21.9. The zero-order valence-electron chi connectivity index (χ0n) is 28.3. The van der Waals surface area contributed by atoms with Gasteiger partial charge >= 0.3 is 0 Å². The monoisotopic (exact) mass is 649 g/mol. The Hall–Kier alpha value is -4.18. The molecule has 48 heavy (non-hydrogen) atoms. The minimum Gasteiger partial charge on any atom is -0.392 e. The Kier molecular flexibility index (Phi) is 8.01. The van der Waals surface area contributed by atoms with Crippen molar-refractivity contribution in [2.24, 2.45) is 17.8 Å². The summed E-state index contributed by atoms with van der Waals surface area (Å²) in [6, 6.07) is 7.88. The Labute approximate surface area is 281 Å². The first kappa shape index (κ1) is 31.1.